The van der Waals surface area contributed by atoms with Gasteiger partial charge in [0.2, 0.25) is 0 Å². The van der Waals surface area contributed by atoms with Gasteiger partial charge in [0, 0.05) is 13.1 Å². The predicted octanol–water partition coefficient (Wildman–Crippen LogP) is 2.48. The number of ether oxygens (including phenoxy) is 1. The van der Waals surface area contributed by atoms with Gasteiger partial charge in [-0.2, -0.15) is 10.4 Å². The number of fused-ring (bicyclic) bond motifs is 1. The molecule has 0 spiro atoms. The van der Waals surface area contributed by atoms with Crippen molar-refractivity contribution in [1.82, 2.24) is 10.2 Å². The zero-order valence-corrected chi connectivity index (χ0v) is 14.8. The van der Waals surface area contributed by atoms with Crippen molar-refractivity contribution in [3.05, 3.63) is 46.1 Å². The van der Waals surface area contributed by atoms with Crippen LogP contribution in [0.3, 0.4) is 0 Å². The van der Waals surface area contributed by atoms with Gasteiger partial charge in [0.1, 0.15) is 18.2 Å². The Morgan fingerprint density at radius 3 is 2.81 bits per heavy atom. The Balaban J connectivity index is 1.69. The Hall–Kier alpha value is -3.14. The standard InChI is InChI=1S/C19H19N5O2/c1-12-13(2)21-22-18(16(12)10-20)23-7-6-15-14(11-23)4-3-5-17(15)24-8-9-26-19(24)25/h3-5H,6-9,11H2,1-2H3. The molecule has 7 heteroatoms. The molecule has 3 heterocycles. The molecule has 0 unspecified atom stereocenters. The summed E-state index contributed by atoms with van der Waals surface area (Å²) in [6.45, 7) is 6.14. The van der Waals surface area contributed by atoms with E-state index in [1.54, 1.807) is 4.90 Å². The second-order valence-corrected chi connectivity index (χ2v) is 6.57. The first-order valence-electron chi connectivity index (χ1n) is 8.64. The summed E-state index contributed by atoms with van der Waals surface area (Å²) in [7, 11) is 0. The minimum atomic E-state index is -0.285. The van der Waals surface area contributed by atoms with Gasteiger partial charge in [-0.05, 0) is 43.0 Å². The van der Waals surface area contributed by atoms with Gasteiger partial charge in [-0.25, -0.2) is 4.79 Å². The van der Waals surface area contributed by atoms with Crippen LogP contribution < -0.4 is 9.80 Å². The van der Waals surface area contributed by atoms with Crippen LogP contribution >= 0.6 is 0 Å². The fraction of sp³-hybridized carbons (Fsp3) is 0.368. The molecule has 2 aromatic rings. The number of carbonyl (C=O) groups excluding carboxylic acids is 1. The summed E-state index contributed by atoms with van der Waals surface area (Å²) in [5, 5.41) is 18.0. The average Bonchev–Trinajstić information content (AvgIpc) is 3.08. The Kier molecular flexibility index (Phi) is 3.96. The highest BCUT2D eigenvalue weighted by Crippen LogP contribution is 2.33. The number of rotatable bonds is 2. The summed E-state index contributed by atoms with van der Waals surface area (Å²) in [5.74, 6) is 0.632. The van der Waals surface area contributed by atoms with Crippen LogP contribution in [-0.4, -0.2) is 36.0 Å². The third-order valence-electron chi connectivity index (χ3n) is 5.14. The van der Waals surface area contributed by atoms with Crippen LogP contribution in [0.2, 0.25) is 0 Å². The molecule has 4 rings (SSSR count). The topological polar surface area (TPSA) is 82.4 Å². The van der Waals surface area contributed by atoms with Crippen molar-refractivity contribution in [3.63, 3.8) is 0 Å². The molecule has 1 saturated heterocycles. The molecule has 0 bridgehead atoms. The van der Waals surface area contributed by atoms with Crippen molar-refractivity contribution in [3.8, 4) is 6.07 Å². The lowest BCUT2D eigenvalue weighted by atomic mass is 9.96. The van der Waals surface area contributed by atoms with Crippen molar-refractivity contribution in [1.29, 1.82) is 5.26 Å². The van der Waals surface area contributed by atoms with Crippen LogP contribution in [-0.2, 0) is 17.7 Å². The van der Waals surface area contributed by atoms with E-state index in [0.29, 0.717) is 31.1 Å². The predicted molar refractivity (Wildman–Crippen MR) is 96.1 cm³/mol. The molecule has 0 N–H and O–H groups in total. The first-order chi connectivity index (χ1) is 12.6. The number of nitrogens with zero attached hydrogens (tertiary/aromatic N) is 5. The van der Waals surface area contributed by atoms with Crippen molar-refractivity contribution in [2.75, 3.05) is 29.5 Å². The lowest BCUT2D eigenvalue weighted by Gasteiger charge is -2.32. The normalized spacial score (nSPS) is 16.3. The number of benzene rings is 1. The number of aromatic nitrogens is 2. The third kappa shape index (κ3) is 2.54. The molecule has 1 aromatic heterocycles. The molecular formula is C19H19N5O2. The van der Waals surface area contributed by atoms with Gasteiger partial charge in [-0.1, -0.05) is 12.1 Å². The number of aryl methyl sites for hydroxylation is 1. The number of cyclic esters (lactones) is 1. The lowest BCUT2D eigenvalue weighted by Crippen LogP contribution is -2.34. The van der Waals surface area contributed by atoms with Crippen molar-refractivity contribution >= 4 is 17.6 Å². The van der Waals surface area contributed by atoms with Crippen molar-refractivity contribution in [2.45, 2.75) is 26.8 Å². The van der Waals surface area contributed by atoms with Crippen LogP contribution in [0.4, 0.5) is 16.3 Å². The molecule has 26 heavy (non-hydrogen) atoms. The van der Waals surface area contributed by atoms with E-state index in [-0.39, 0.29) is 6.09 Å². The summed E-state index contributed by atoms with van der Waals surface area (Å²) < 4.78 is 5.08. The first-order valence-corrected chi connectivity index (χ1v) is 8.64. The van der Waals surface area contributed by atoms with E-state index in [4.69, 9.17) is 4.74 Å². The number of carbonyl (C=O) groups is 1. The number of nitriles is 1. The van der Waals surface area contributed by atoms with E-state index in [0.717, 1.165) is 41.0 Å². The van der Waals surface area contributed by atoms with E-state index in [1.165, 1.54) is 0 Å². The second-order valence-electron chi connectivity index (χ2n) is 6.57. The van der Waals surface area contributed by atoms with Crippen LogP contribution in [0.1, 0.15) is 27.9 Å². The Morgan fingerprint density at radius 1 is 1.23 bits per heavy atom. The maximum Gasteiger partial charge on any atom is 0.414 e. The Bertz CT molecular complexity index is 934. The lowest BCUT2D eigenvalue weighted by molar-refractivity contribution is 0.181. The molecule has 1 fully saturated rings. The zero-order valence-electron chi connectivity index (χ0n) is 14.8. The van der Waals surface area contributed by atoms with Gasteiger partial charge in [0.25, 0.3) is 0 Å². The molecule has 0 radical (unpaired) electrons. The van der Waals surface area contributed by atoms with Gasteiger partial charge < -0.3 is 9.64 Å². The molecule has 7 nitrogen and oxygen atoms in total. The van der Waals surface area contributed by atoms with Gasteiger partial charge in [-0.15, -0.1) is 5.10 Å². The summed E-state index contributed by atoms with van der Waals surface area (Å²) in [5.41, 5.74) is 5.46. The van der Waals surface area contributed by atoms with Gasteiger partial charge in [0.05, 0.1) is 17.9 Å². The molecule has 1 amide bonds. The van der Waals surface area contributed by atoms with E-state index < -0.39 is 0 Å². The van der Waals surface area contributed by atoms with Gasteiger partial charge in [0.15, 0.2) is 5.82 Å². The van der Waals surface area contributed by atoms with E-state index in [1.807, 2.05) is 26.0 Å². The minimum absolute atomic E-state index is 0.285. The monoisotopic (exact) mass is 349 g/mol. The summed E-state index contributed by atoms with van der Waals surface area (Å²) >= 11 is 0. The maximum absolute atomic E-state index is 11.9. The molecular weight excluding hydrogens is 330 g/mol. The number of amides is 1. The largest absolute Gasteiger partial charge is 0.447 e. The van der Waals surface area contributed by atoms with Crippen molar-refractivity contribution in [2.24, 2.45) is 0 Å². The number of hydrogen-bond acceptors (Lipinski definition) is 6. The first kappa shape index (κ1) is 16.3. The molecule has 0 saturated carbocycles. The number of hydrogen-bond donors (Lipinski definition) is 0. The van der Waals surface area contributed by atoms with Crippen molar-refractivity contribution < 1.29 is 9.53 Å². The van der Waals surface area contributed by atoms with Crippen LogP contribution in [0.5, 0.6) is 0 Å². The smallest absolute Gasteiger partial charge is 0.414 e. The fourth-order valence-electron chi connectivity index (χ4n) is 3.59. The Labute approximate surface area is 151 Å². The molecule has 2 aliphatic heterocycles. The summed E-state index contributed by atoms with van der Waals surface area (Å²) in [4.78, 5) is 15.7. The second kappa shape index (κ2) is 6.30. The highest BCUT2D eigenvalue weighted by Gasteiger charge is 2.29. The SMILES string of the molecule is Cc1nnc(N2CCc3c(cccc3N3CCOC3=O)C2)c(C#N)c1C. The summed E-state index contributed by atoms with van der Waals surface area (Å²) in [6.07, 6.45) is 0.488. The zero-order chi connectivity index (χ0) is 18.3. The Morgan fingerprint density at radius 2 is 2.08 bits per heavy atom. The van der Waals surface area contributed by atoms with Gasteiger partial charge in [-0.3, -0.25) is 4.90 Å². The summed E-state index contributed by atoms with van der Waals surface area (Å²) in [6, 6.07) is 8.27. The third-order valence-corrected chi connectivity index (χ3v) is 5.14. The fourth-order valence-corrected chi connectivity index (χ4v) is 3.59. The molecule has 132 valence electrons. The van der Waals surface area contributed by atoms with E-state index >= 15 is 0 Å². The average molecular weight is 349 g/mol. The van der Waals surface area contributed by atoms with Crippen LogP contribution in [0, 0.1) is 25.2 Å². The number of anilines is 2. The maximum atomic E-state index is 11.9. The molecule has 0 aliphatic carbocycles. The molecule has 1 aromatic carbocycles. The molecule has 0 atom stereocenters. The molecule has 2 aliphatic rings. The highest BCUT2D eigenvalue weighted by molar-refractivity contribution is 5.90. The van der Waals surface area contributed by atoms with E-state index in [9.17, 15) is 10.1 Å². The minimum Gasteiger partial charge on any atom is -0.447 e. The van der Waals surface area contributed by atoms with Crippen LogP contribution in [0.15, 0.2) is 18.2 Å². The van der Waals surface area contributed by atoms with Gasteiger partial charge >= 0.3 is 6.09 Å². The quantitative estimate of drug-likeness (QED) is 0.828. The van der Waals surface area contributed by atoms with E-state index in [2.05, 4.69) is 27.2 Å². The van der Waals surface area contributed by atoms with Crippen LogP contribution in [0.25, 0.3) is 0 Å². The highest BCUT2D eigenvalue weighted by atomic mass is 16.6.